The highest BCUT2D eigenvalue weighted by atomic mass is 16.2. The van der Waals surface area contributed by atoms with Crippen LogP contribution in [0.25, 0.3) is 0 Å². The minimum atomic E-state index is -0.857. The number of carbonyl (C=O) groups is 5. The Bertz CT molecular complexity index is 901. The summed E-state index contributed by atoms with van der Waals surface area (Å²) < 4.78 is 0. The van der Waals surface area contributed by atoms with Gasteiger partial charge in [0, 0.05) is 44.5 Å². The number of nitrogens with zero attached hydrogens (tertiary/aromatic N) is 2. The Morgan fingerprint density at radius 2 is 1.63 bits per heavy atom. The standard InChI is InChI=1S/C23H26N2O5/c26-13-10-15-8-11-24(12-9-15)16-4-6-18-19(14-16)23(30)25(22(18)29)20-7-5-17(27)2-1-3-21(20)28/h4,6,13-15,20H,1-3,5,7-12H2. The van der Waals surface area contributed by atoms with Gasteiger partial charge in [-0.15, -0.1) is 0 Å². The number of amides is 2. The van der Waals surface area contributed by atoms with Crippen LogP contribution in [0, 0.1) is 5.92 Å². The molecule has 2 aliphatic heterocycles. The zero-order chi connectivity index (χ0) is 21.3. The third-order valence-corrected chi connectivity index (χ3v) is 6.57. The Morgan fingerprint density at radius 3 is 2.37 bits per heavy atom. The van der Waals surface area contributed by atoms with Gasteiger partial charge in [0.15, 0.2) is 5.78 Å². The summed E-state index contributed by atoms with van der Waals surface area (Å²) in [6, 6.07) is 4.40. The lowest BCUT2D eigenvalue weighted by molar-refractivity contribution is -0.126. The van der Waals surface area contributed by atoms with Crippen molar-refractivity contribution < 1.29 is 24.0 Å². The van der Waals surface area contributed by atoms with Crippen molar-refractivity contribution in [3.8, 4) is 0 Å². The Morgan fingerprint density at radius 1 is 0.900 bits per heavy atom. The zero-order valence-corrected chi connectivity index (χ0v) is 17.0. The van der Waals surface area contributed by atoms with Crippen LogP contribution in [0.2, 0.25) is 0 Å². The van der Waals surface area contributed by atoms with Gasteiger partial charge in [-0.05, 0) is 49.8 Å². The van der Waals surface area contributed by atoms with Crippen molar-refractivity contribution in [2.75, 3.05) is 18.0 Å². The average molecular weight is 410 g/mol. The molecule has 30 heavy (non-hydrogen) atoms. The molecule has 0 N–H and O–H groups in total. The van der Waals surface area contributed by atoms with Crippen molar-refractivity contribution in [1.29, 1.82) is 0 Å². The molecular formula is C23H26N2O5. The maximum atomic E-state index is 13.1. The molecule has 1 unspecified atom stereocenters. The van der Waals surface area contributed by atoms with Gasteiger partial charge in [0.05, 0.1) is 17.2 Å². The number of piperidine rings is 1. The number of carbonyl (C=O) groups excluding carboxylic acids is 5. The van der Waals surface area contributed by atoms with Crippen LogP contribution in [0.4, 0.5) is 5.69 Å². The lowest BCUT2D eigenvalue weighted by atomic mass is 9.93. The number of hydrogen-bond acceptors (Lipinski definition) is 6. The van der Waals surface area contributed by atoms with Gasteiger partial charge in [-0.2, -0.15) is 0 Å². The maximum Gasteiger partial charge on any atom is 0.262 e. The first kappa shape index (κ1) is 20.4. The third kappa shape index (κ3) is 3.80. The molecule has 1 aromatic rings. The summed E-state index contributed by atoms with van der Waals surface area (Å²) in [4.78, 5) is 64.5. The van der Waals surface area contributed by atoms with Crippen LogP contribution in [0.5, 0.6) is 0 Å². The average Bonchev–Trinajstić information content (AvgIpc) is 2.98. The molecule has 2 fully saturated rings. The van der Waals surface area contributed by atoms with Crippen molar-refractivity contribution in [3.63, 3.8) is 0 Å². The van der Waals surface area contributed by atoms with Gasteiger partial charge in [0.25, 0.3) is 11.8 Å². The van der Waals surface area contributed by atoms with E-state index in [2.05, 4.69) is 4.90 Å². The van der Waals surface area contributed by atoms with Gasteiger partial charge in [-0.25, -0.2) is 0 Å². The molecule has 4 rings (SSSR count). The fourth-order valence-electron chi connectivity index (χ4n) is 4.77. The Kier molecular flexibility index (Phi) is 5.79. The number of anilines is 1. The minimum Gasteiger partial charge on any atom is -0.371 e. The highest BCUT2D eigenvalue weighted by Gasteiger charge is 2.43. The van der Waals surface area contributed by atoms with E-state index >= 15 is 0 Å². The van der Waals surface area contributed by atoms with E-state index in [-0.39, 0.29) is 30.8 Å². The summed E-state index contributed by atoms with van der Waals surface area (Å²) in [6.07, 6.45) is 4.88. The van der Waals surface area contributed by atoms with Crippen LogP contribution in [-0.2, 0) is 14.4 Å². The quantitative estimate of drug-likeness (QED) is 0.560. The van der Waals surface area contributed by atoms with E-state index in [4.69, 9.17) is 0 Å². The number of ketones is 2. The van der Waals surface area contributed by atoms with E-state index in [0.717, 1.165) is 42.8 Å². The van der Waals surface area contributed by atoms with Crippen molar-refractivity contribution in [2.24, 2.45) is 5.92 Å². The van der Waals surface area contributed by atoms with Gasteiger partial charge in [-0.3, -0.25) is 24.1 Å². The second kappa shape index (κ2) is 8.50. The number of Topliss-reactive ketones (excluding diaryl/α,β-unsaturated/α-hetero) is 2. The number of rotatable bonds is 4. The van der Waals surface area contributed by atoms with Crippen LogP contribution < -0.4 is 4.90 Å². The third-order valence-electron chi connectivity index (χ3n) is 6.57. The fourth-order valence-corrected chi connectivity index (χ4v) is 4.77. The van der Waals surface area contributed by atoms with Crippen molar-refractivity contribution in [3.05, 3.63) is 29.3 Å². The molecule has 2 amide bonds. The SMILES string of the molecule is O=CCC1CCN(c2ccc3c(c2)C(=O)N(C2CCC(=O)CCCC2=O)C3=O)CC1. The summed E-state index contributed by atoms with van der Waals surface area (Å²) in [6.45, 7) is 1.60. The van der Waals surface area contributed by atoms with Gasteiger partial charge < -0.3 is 9.69 Å². The molecule has 158 valence electrons. The summed E-state index contributed by atoms with van der Waals surface area (Å²) in [5.41, 5.74) is 1.52. The largest absolute Gasteiger partial charge is 0.371 e. The topological polar surface area (TPSA) is 91.8 Å². The lowest BCUT2D eigenvalue weighted by Gasteiger charge is -2.33. The molecule has 1 saturated carbocycles. The van der Waals surface area contributed by atoms with E-state index in [9.17, 15) is 24.0 Å². The smallest absolute Gasteiger partial charge is 0.262 e. The summed E-state index contributed by atoms with van der Waals surface area (Å²) in [5, 5.41) is 0. The van der Waals surface area contributed by atoms with Crippen molar-refractivity contribution >= 4 is 35.4 Å². The number of fused-ring (bicyclic) bond motifs is 1. The first-order valence-corrected chi connectivity index (χ1v) is 10.7. The highest BCUT2D eigenvalue weighted by molar-refractivity contribution is 6.23. The van der Waals surface area contributed by atoms with Gasteiger partial charge in [-0.1, -0.05) is 0 Å². The van der Waals surface area contributed by atoms with E-state index < -0.39 is 17.9 Å². The molecule has 0 radical (unpaired) electrons. The van der Waals surface area contributed by atoms with Crippen molar-refractivity contribution in [1.82, 2.24) is 4.90 Å². The van der Waals surface area contributed by atoms with E-state index in [0.29, 0.717) is 36.3 Å². The van der Waals surface area contributed by atoms with Gasteiger partial charge in [0.2, 0.25) is 0 Å². The number of hydrogen-bond donors (Lipinski definition) is 0. The zero-order valence-electron chi connectivity index (χ0n) is 17.0. The molecule has 0 aromatic heterocycles. The molecule has 0 bridgehead atoms. The van der Waals surface area contributed by atoms with Crippen LogP contribution in [0.1, 0.15) is 72.1 Å². The second-order valence-electron chi connectivity index (χ2n) is 8.46. The summed E-state index contributed by atoms with van der Waals surface area (Å²) in [7, 11) is 0. The lowest BCUT2D eigenvalue weighted by Crippen LogP contribution is -2.45. The first-order valence-electron chi connectivity index (χ1n) is 10.7. The van der Waals surface area contributed by atoms with E-state index in [1.807, 2.05) is 6.07 Å². The molecule has 2 heterocycles. The molecule has 1 saturated heterocycles. The first-order chi connectivity index (χ1) is 14.5. The van der Waals surface area contributed by atoms with Gasteiger partial charge >= 0.3 is 0 Å². The van der Waals surface area contributed by atoms with Crippen LogP contribution in [0.3, 0.4) is 0 Å². The monoisotopic (exact) mass is 410 g/mol. The van der Waals surface area contributed by atoms with Crippen LogP contribution in [-0.4, -0.2) is 53.7 Å². The molecular weight excluding hydrogens is 384 g/mol. The Balaban J connectivity index is 1.54. The molecule has 7 nitrogen and oxygen atoms in total. The number of benzene rings is 1. The Labute approximate surface area is 175 Å². The molecule has 7 heteroatoms. The van der Waals surface area contributed by atoms with Crippen molar-refractivity contribution in [2.45, 2.75) is 57.4 Å². The molecule has 1 atom stereocenters. The Hall–Kier alpha value is -2.83. The summed E-state index contributed by atoms with van der Waals surface area (Å²) >= 11 is 0. The van der Waals surface area contributed by atoms with E-state index in [1.54, 1.807) is 12.1 Å². The number of imide groups is 1. The molecule has 0 spiro atoms. The molecule has 3 aliphatic rings. The minimum absolute atomic E-state index is 0.0735. The molecule has 1 aliphatic carbocycles. The second-order valence-corrected chi connectivity index (χ2v) is 8.46. The number of aldehydes is 1. The normalized spacial score (nSPS) is 23.4. The predicted molar refractivity (Wildman–Crippen MR) is 109 cm³/mol. The molecule has 1 aromatic carbocycles. The maximum absolute atomic E-state index is 13.1. The van der Waals surface area contributed by atoms with Crippen LogP contribution in [0.15, 0.2) is 18.2 Å². The fraction of sp³-hybridized carbons (Fsp3) is 0.522. The van der Waals surface area contributed by atoms with Crippen LogP contribution >= 0.6 is 0 Å². The van der Waals surface area contributed by atoms with E-state index in [1.165, 1.54) is 0 Å². The summed E-state index contributed by atoms with van der Waals surface area (Å²) in [5.74, 6) is -0.560. The van der Waals surface area contributed by atoms with Gasteiger partial charge in [0.1, 0.15) is 12.1 Å². The predicted octanol–water partition coefficient (Wildman–Crippen LogP) is 2.56. The highest BCUT2D eigenvalue weighted by Crippen LogP contribution is 2.32.